The van der Waals surface area contributed by atoms with Crippen molar-refractivity contribution in [2.45, 2.75) is 43.5 Å². The minimum atomic E-state index is -3.35. The molecule has 1 unspecified atom stereocenters. The number of piperidine rings is 1. The Bertz CT molecular complexity index is 525. The van der Waals surface area contributed by atoms with Gasteiger partial charge in [0, 0.05) is 12.6 Å². The molecule has 20 heavy (non-hydrogen) atoms. The van der Waals surface area contributed by atoms with Crippen LogP contribution in [0.1, 0.15) is 31.2 Å². The number of hydrogen-bond donors (Lipinski definition) is 1. The van der Waals surface area contributed by atoms with Gasteiger partial charge in [0.25, 0.3) is 0 Å². The first kappa shape index (κ1) is 15.5. The molecule has 1 fully saturated rings. The summed E-state index contributed by atoms with van der Waals surface area (Å²) >= 11 is 0. The van der Waals surface area contributed by atoms with E-state index in [0.717, 1.165) is 37.8 Å². The van der Waals surface area contributed by atoms with Gasteiger partial charge >= 0.3 is 0 Å². The lowest BCUT2D eigenvalue weighted by Crippen LogP contribution is -2.44. The maximum absolute atomic E-state index is 12.8. The molecule has 0 amide bonds. The van der Waals surface area contributed by atoms with Crippen LogP contribution in [0.5, 0.6) is 0 Å². The van der Waals surface area contributed by atoms with Crippen molar-refractivity contribution >= 4 is 10.0 Å². The lowest BCUT2D eigenvalue weighted by Gasteiger charge is -2.34. The predicted octanol–water partition coefficient (Wildman–Crippen LogP) is 2.15. The van der Waals surface area contributed by atoms with E-state index in [9.17, 15) is 8.42 Å². The summed E-state index contributed by atoms with van der Waals surface area (Å²) in [5, 5.41) is 3.11. The van der Waals surface area contributed by atoms with Crippen LogP contribution in [0.25, 0.3) is 0 Å². The quantitative estimate of drug-likeness (QED) is 0.906. The fourth-order valence-electron chi connectivity index (χ4n) is 2.74. The molecule has 0 aromatic heterocycles. The SMILES string of the molecule is CNCCC1CCCCN1S(=O)(=O)c1ccc(C)cc1. The lowest BCUT2D eigenvalue weighted by molar-refractivity contribution is 0.240. The largest absolute Gasteiger partial charge is 0.320 e. The van der Waals surface area contributed by atoms with E-state index in [1.807, 2.05) is 26.1 Å². The molecule has 1 N–H and O–H groups in total. The van der Waals surface area contributed by atoms with Crippen LogP contribution in [-0.2, 0) is 10.0 Å². The van der Waals surface area contributed by atoms with Gasteiger partial charge in [0.05, 0.1) is 4.90 Å². The van der Waals surface area contributed by atoms with Crippen LogP contribution in [0.2, 0.25) is 0 Å². The minimum absolute atomic E-state index is 0.127. The van der Waals surface area contributed by atoms with Gasteiger partial charge in [-0.05, 0) is 51.9 Å². The lowest BCUT2D eigenvalue weighted by atomic mass is 10.0. The Labute approximate surface area is 122 Å². The van der Waals surface area contributed by atoms with Crippen LogP contribution in [0.15, 0.2) is 29.2 Å². The number of aryl methyl sites for hydroxylation is 1. The van der Waals surface area contributed by atoms with Gasteiger partial charge in [-0.2, -0.15) is 4.31 Å². The molecule has 112 valence electrons. The van der Waals surface area contributed by atoms with Crippen LogP contribution < -0.4 is 5.32 Å². The number of rotatable bonds is 5. The molecule has 4 nitrogen and oxygen atoms in total. The van der Waals surface area contributed by atoms with Crippen LogP contribution >= 0.6 is 0 Å². The monoisotopic (exact) mass is 296 g/mol. The number of benzene rings is 1. The van der Waals surface area contributed by atoms with Crippen molar-refractivity contribution in [2.75, 3.05) is 20.1 Å². The van der Waals surface area contributed by atoms with E-state index in [4.69, 9.17) is 0 Å². The van der Waals surface area contributed by atoms with Crippen molar-refractivity contribution in [1.29, 1.82) is 0 Å². The van der Waals surface area contributed by atoms with Crippen molar-refractivity contribution in [3.63, 3.8) is 0 Å². The van der Waals surface area contributed by atoms with Gasteiger partial charge in [-0.1, -0.05) is 24.1 Å². The average molecular weight is 296 g/mol. The number of nitrogens with one attached hydrogen (secondary N) is 1. The highest BCUT2D eigenvalue weighted by molar-refractivity contribution is 7.89. The molecule has 1 saturated heterocycles. The highest BCUT2D eigenvalue weighted by Gasteiger charge is 2.32. The molecule has 5 heteroatoms. The van der Waals surface area contributed by atoms with Crippen molar-refractivity contribution < 1.29 is 8.42 Å². The van der Waals surface area contributed by atoms with Crippen LogP contribution in [-0.4, -0.2) is 38.9 Å². The van der Waals surface area contributed by atoms with E-state index >= 15 is 0 Å². The van der Waals surface area contributed by atoms with E-state index < -0.39 is 10.0 Å². The van der Waals surface area contributed by atoms with Crippen molar-refractivity contribution in [3.8, 4) is 0 Å². The maximum atomic E-state index is 12.8. The summed E-state index contributed by atoms with van der Waals surface area (Å²) in [6.45, 7) is 3.46. The second-order valence-corrected chi connectivity index (χ2v) is 7.36. The summed E-state index contributed by atoms with van der Waals surface area (Å²) in [6, 6.07) is 7.28. The smallest absolute Gasteiger partial charge is 0.243 e. The summed E-state index contributed by atoms with van der Waals surface area (Å²) < 4.78 is 27.3. The molecule has 1 aliphatic heterocycles. The molecule has 1 aromatic rings. The highest BCUT2D eigenvalue weighted by atomic mass is 32.2. The standard InChI is InChI=1S/C15H24N2O2S/c1-13-6-8-15(9-7-13)20(18,19)17-12-4-3-5-14(17)10-11-16-2/h6-9,14,16H,3-5,10-12H2,1-2H3. The fraction of sp³-hybridized carbons (Fsp3) is 0.600. The highest BCUT2D eigenvalue weighted by Crippen LogP contribution is 2.27. The molecular formula is C15H24N2O2S. The predicted molar refractivity (Wildman–Crippen MR) is 81.3 cm³/mol. The number of nitrogens with zero attached hydrogens (tertiary/aromatic N) is 1. The van der Waals surface area contributed by atoms with E-state index in [1.54, 1.807) is 16.4 Å². The van der Waals surface area contributed by atoms with Crippen molar-refractivity contribution in [3.05, 3.63) is 29.8 Å². The van der Waals surface area contributed by atoms with Gasteiger partial charge in [-0.3, -0.25) is 0 Å². The average Bonchev–Trinajstić information content (AvgIpc) is 2.46. The Morgan fingerprint density at radius 2 is 1.95 bits per heavy atom. The number of hydrogen-bond acceptors (Lipinski definition) is 3. The Balaban J connectivity index is 2.23. The van der Waals surface area contributed by atoms with Crippen LogP contribution in [0, 0.1) is 6.92 Å². The molecule has 0 aliphatic carbocycles. The van der Waals surface area contributed by atoms with Gasteiger partial charge in [0.15, 0.2) is 0 Å². The van der Waals surface area contributed by atoms with Gasteiger partial charge in [-0.15, -0.1) is 0 Å². The summed E-state index contributed by atoms with van der Waals surface area (Å²) in [5.74, 6) is 0. The van der Waals surface area contributed by atoms with E-state index in [1.165, 1.54) is 0 Å². The summed E-state index contributed by atoms with van der Waals surface area (Å²) in [7, 11) is -1.45. The molecule has 1 heterocycles. The first-order valence-electron chi connectivity index (χ1n) is 7.29. The Kier molecular flexibility index (Phi) is 5.18. The zero-order chi connectivity index (χ0) is 14.6. The van der Waals surface area contributed by atoms with Gasteiger partial charge in [0.1, 0.15) is 0 Å². The second kappa shape index (κ2) is 6.70. The van der Waals surface area contributed by atoms with E-state index in [-0.39, 0.29) is 6.04 Å². The van der Waals surface area contributed by atoms with Crippen LogP contribution in [0.4, 0.5) is 0 Å². The zero-order valence-corrected chi connectivity index (χ0v) is 13.1. The third kappa shape index (κ3) is 3.40. The Morgan fingerprint density at radius 1 is 1.25 bits per heavy atom. The first-order chi connectivity index (χ1) is 9.55. The second-order valence-electron chi connectivity index (χ2n) is 5.47. The van der Waals surface area contributed by atoms with Gasteiger partial charge < -0.3 is 5.32 Å². The maximum Gasteiger partial charge on any atom is 0.243 e. The molecule has 0 radical (unpaired) electrons. The summed E-state index contributed by atoms with van der Waals surface area (Å²) in [4.78, 5) is 0.416. The van der Waals surface area contributed by atoms with Gasteiger partial charge in [-0.25, -0.2) is 8.42 Å². The number of sulfonamides is 1. The zero-order valence-electron chi connectivity index (χ0n) is 12.3. The Hall–Kier alpha value is -0.910. The topological polar surface area (TPSA) is 49.4 Å². The fourth-order valence-corrected chi connectivity index (χ4v) is 4.46. The van der Waals surface area contributed by atoms with Crippen molar-refractivity contribution in [2.24, 2.45) is 0 Å². The normalized spacial score (nSPS) is 21.0. The van der Waals surface area contributed by atoms with Gasteiger partial charge in [0.2, 0.25) is 10.0 Å². The molecule has 0 spiro atoms. The molecule has 0 bridgehead atoms. The Morgan fingerprint density at radius 3 is 2.60 bits per heavy atom. The minimum Gasteiger partial charge on any atom is -0.320 e. The molecule has 1 aromatic carbocycles. The molecule has 0 saturated carbocycles. The van der Waals surface area contributed by atoms with Crippen LogP contribution in [0.3, 0.4) is 0 Å². The van der Waals surface area contributed by atoms with E-state index in [0.29, 0.717) is 11.4 Å². The molecule has 2 rings (SSSR count). The third-order valence-electron chi connectivity index (χ3n) is 3.93. The molecule has 1 aliphatic rings. The molecular weight excluding hydrogens is 272 g/mol. The summed E-state index contributed by atoms with van der Waals surface area (Å²) in [5.41, 5.74) is 1.08. The first-order valence-corrected chi connectivity index (χ1v) is 8.73. The van der Waals surface area contributed by atoms with E-state index in [2.05, 4.69) is 5.32 Å². The van der Waals surface area contributed by atoms with Crippen molar-refractivity contribution in [1.82, 2.24) is 9.62 Å². The molecule has 1 atom stereocenters. The summed E-state index contributed by atoms with van der Waals surface area (Å²) in [6.07, 6.45) is 3.92. The third-order valence-corrected chi connectivity index (χ3v) is 5.89.